The van der Waals surface area contributed by atoms with Crippen molar-refractivity contribution in [1.29, 1.82) is 0 Å². The molecular weight excluding hydrogens is 188 g/mol. The first-order chi connectivity index (χ1) is 6.27. The zero-order chi connectivity index (χ0) is 9.26. The monoisotopic (exact) mass is 194 g/mol. The normalized spacial score (nSPS) is 10.2. The van der Waals surface area contributed by atoms with E-state index >= 15 is 0 Å². The maximum absolute atomic E-state index is 11.5. The molecular formula is C8H6N2O2S. The maximum Gasteiger partial charge on any atom is 0.234 e. The van der Waals surface area contributed by atoms with Crippen molar-refractivity contribution in [3.05, 3.63) is 35.0 Å². The van der Waals surface area contributed by atoms with Crippen LogP contribution in [0, 0.1) is 6.92 Å². The van der Waals surface area contributed by atoms with Crippen LogP contribution in [0.3, 0.4) is 0 Å². The predicted octanol–water partition coefficient (Wildman–Crippen LogP) is 1.67. The second-order valence-electron chi connectivity index (χ2n) is 2.47. The van der Waals surface area contributed by atoms with Gasteiger partial charge in [0.1, 0.15) is 12.0 Å². The van der Waals surface area contributed by atoms with Gasteiger partial charge in [-0.15, -0.1) is 0 Å². The molecule has 13 heavy (non-hydrogen) atoms. The molecule has 0 unspecified atom stereocenters. The number of hydrogen-bond donors (Lipinski definition) is 0. The van der Waals surface area contributed by atoms with Gasteiger partial charge in [-0.1, -0.05) is 0 Å². The van der Waals surface area contributed by atoms with Crippen LogP contribution in [0.1, 0.15) is 22.1 Å². The summed E-state index contributed by atoms with van der Waals surface area (Å²) in [7, 11) is 0. The second kappa shape index (κ2) is 3.10. The van der Waals surface area contributed by atoms with Gasteiger partial charge in [0.25, 0.3) is 0 Å². The quantitative estimate of drug-likeness (QED) is 0.682. The molecule has 0 saturated heterocycles. The molecule has 2 rings (SSSR count). The summed E-state index contributed by atoms with van der Waals surface area (Å²) in [6, 6.07) is 1.66. The number of ketones is 1. The largest absolute Gasteiger partial charge is 0.449 e. The Balaban J connectivity index is 2.33. The Morgan fingerprint density at radius 1 is 1.54 bits per heavy atom. The van der Waals surface area contributed by atoms with Gasteiger partial charge in [-0.2, -0.15) is 4.37 Å². The average Bonchev–Trinajstić information content (AvgIpc) is 2.72. The van der Waals surface area contributed by atoms with Crippen molar-refractivity contribution in [1.82, 2.24) is 9.36 Å². The molecule has 0 aliphatic heterocycles. The number of hydrogen-bond acceptors (Lipinski definition) is 5. The molecule has 0 amide bonds. The molecule has 2 aromatic heterocycles. The minimum atomic E-state index is -0.196. The maximum atomic E-state index is 11.5. The lowest BCUT2D eigenvalue weighted by Gasteiger charge is -1.87. The van der Waals surface area contributed by atoms with E-state index < -0.39 is 0 Å². The van der Waals surface area contributed by atoms with Gasteiger partial charge in [-0.05, 0) is 17.6 Å². The van der Waals surface area contributed by atoms with Crippen molar-refractivity contribution in [2.75, 3.05) is 0 Å². The van der Waals surface area contributed by atoms with Crippen LogP contribution < -0.4 is 0 Å². The summed E-state index contributed by atoms with van der Waals surface area (Å²) in [5.41, 5.74) is 0.724. The highest BCUT2D eigenvalue weighted by Crippen LogP contribution is 2.08. The first-order valence-electron chi connectivity index (χ1n) is 3.64. The van der Waals surface area contributed by atoms with Crippen molar-refractivity contribution in [3.8, 4) is 0 Å². The van der Waals surface area contributed by atoms with E-state index in [1.165, 1.54) is 17.8 Å². The molecule has 66 valence electrons. The molecule has 0 spiro atoms. The number of aryl methyl sites for hydroxylation is 1. The average molecular weight is 194 g/mol. The fourth-order valence-corrected chi connectivity index (χ4v) is 1.44. The SMILES string of the molecule is Cc1nc(C(=O)c2ccsn2)co1. The lowest BCUT2D eigenvalue weighted by Crippen LogP contribution is -2.01. The van der Waals surface area contributed by atoms with Crippen LogP contribution in [0.15, 0.2) is 22.1 Å². The minimum absolute atomic E-state index is 0.196. The highest BCUT2D eigenvalue weighted by Gasteiger charge is 2.14. The number of nitrogens with zero attached hydrogens (tertiary/aromatic N) is 2. The molecule has 0 fully saturated rings. The summed E-state index contributed by atoms with van der Waals surface area (Å²) in [6.07, 6.45) is 1.34. The lowest BCUT2D eigenvalue weighted by molar-refractivity contribution is 0.103. The summed E-state index contributed by atoms with van der Waals surface area (Å²) >= 11 is 1.24. The molecule has 5 heteroatoms. The summed E-state index contributed by atoms with van der Waals surface area (Å²) in [4.78, 5) is 15.5. The van der Waals surface area contributed by atoms with E-state index in [1.54, 1.807) is 18.4 Å². The van der Waals surface area contributed by atoms with E-state index in [0.717, 1.165) is 0 Å². The van der Waals surface area contributed by atoms with Crippen LogP contribution in [-0.2, 0) is 0 Å². The Kier molecular flexibility index (Phi) is 1.94. The topological polar surface area (TPSA) is 56.0 Å². The first kappa shape index (κ1) is 8.12. The fourth-order valence-electron chi connectivity index (χ4n) is 0.929. The molecule has 0 aromatic carbocycles. The van der Waals surface area contributed by atoms with Crippen molar-refractivity contribution >= 4 is 17.3 Å². The van der Waals surface area contributed by atoms with Gasteiger partial charge in [-0.3, -0.25) is 4.79 Å². The smallest absolute Gasteiger partial charge is 0.234 e. The van der Waals surface area contributed by atoms with Gasteiger partial charge in [0.05, 0.1) is 0 Å². The molecule has 2 heterocycles. The van der Waals surface area contributed by atoms with Crippen molar-refractivity contribution < 1.29 is 9.21 Å². The van der Waals surface area contributed by atoms with Crippen LogP contribution in [0.4, 0.5) is 0 Å². The van der Waals surface area contributed by atoms with Gasteiger partial charge in [0.2, 0.25) is 5.78 Å². The van der Waals surface area contributed by atoms with Crippen LogP contribution in [0.2, 0.25) is 0 Å². The zero-order valence-electron chi connectivity index (χ0n) is 6.85. The number of carbonyl (C=O) groups excluding carboxylic acids is 1. The standard InChI is InChI=1S/C8H6N2O2S/c1-5-9-7(4-12-5)8(11)6-2-3-13-10-6/h2-4H,1H3. The van der Waals surface area contributed by atoms with Crippen molar-refractivity contribution in [2.45, 2.75) is 6.92 Å². The Hall–Kier alpha value is -1.49. The Labute approximate surface area is 78.4 Å². The molecule has 4 nitrogen and oxygen atoms in total. The summed E-state index contributed by atoms with van der Waals surface area (Å²) in [5, 5.41) is 1.75. The fraction of sp³-hybridized carbons (Fsp3) is 0.125. The van der Waals surface area contributed by atoms with Crippen molar-refractivity contribution in [2.24, 2.45) is 0 Å². The molecule has 0 aliphatic carbocycles. The second-order valence-corrected chi connectivity index (χ2v) is 3.13. The molecule has 0 aliphatic rings. The van der Waals surface area contributed by atoms with Gasteiger partial charge < -0.3 is 4.42 Å². The molecule has 0 radical (unpaired) electrons. The van der Waals surface area contributed by atoms with E-state index in [2.05, 4.69) is 9.36 Å². The highest BCUT2D eigenvalue weighted by atomic mass is 32.1. The Morgan fingerprint density at radius 3 is 2.92 bits per heavy atom. The van der Waals surface area contributed by atoms with E-state index in [0.29, 0.717) is 17.3 Å². The van der Waals surface area contributed by atoms with E-state index in [4.69, 9.17) is 4.42 Å². The molecule has 2 aromatic rings. The van der Waals surface area contributed by atoms with Gasteiger partial charge in [0.15, 0.2) is 11.6 Å². The van der Waals surface area contributed by atoms with E-state index in [-0.39, 0.29) is 5.78 Å². The molecule has 0 saturated carbocycles. The number of rotatable bonds is 2. The Morgan fingerprint density at radius 2 is 2.38 bits per heavy atom. The molecule has 0 atom stereocenters. The van der Waals surface area contributed by atoms with Crippen molar-refractivity contribution in [3.63, 3.8) is 0 Å². The Bertz CT molecular complexity index is 419. The predicted molar refractivity (Wildman–Crippen MR) is 46.8 cm³/mol. The van der Waals surface area contributed by atoms with Crippen LogP contribution in [-0.4, -0.2) is 15.1 Å². The van der Waals surface area contributed by atoms with Crippen LogP contribution in [0.5, 0.6) is 0 Å². The van der Waals surface area contributed by atoms with E-state index in [9.17, 15) is 4.79 Å². The van der Waals surface area contributed by atoms with Gasteiger partial charge >= 0.3 is 0 Å². The highest BCUT2D eigenvalue weighted by molar-refractivity contribution is 7.03. The zero-order valence-corrected chi connectivity index (χ0v) is 7.67. The van der Waals surface area contributed by atoms with E-state index in [1.807, 2.05) is 0 Å². The lowest BCUT2D eigenvalue weighted by atomic mass is 10.2. The summed E-state index contributed by atoms with van der Waals surface area (Å²) < 4.78 is 8.84. The summed E-state index contributed by atoms with van der Waals surface area (Å²) in [6.45, 7) is 1.69. The third-order valence-electron chi connectivity index (χ3n) is 1.52. The number of aromatic nitrogens is 2. The minimum Gasteiger partial charge on any atom is -0.449 e. The third kappa shape index (κ3) is 1.50. The molecule has 0 bridgehead atoms. The number of oxazole rings is 1. The van der Waals surface area contributed by atoms with Crippen LogP contribution in [0.25, 0.3) is 0 Å². The third-order valence-corrected chi connectivity index (χ3v) is 2.08. The van der Waals surface area contributed by atoms with Gasteiger partial charge in [-0.25, -0.2) is 4.98 Å². The molecule has 0 N–H and O–H groups in total. The summed E-state index contributed by atoms with van der Waals surface area (Å²) in [5.74, 6) is 0.289. The first-order valence-corrected chi connectivity index (χ1v) is 4.48. The number of carbonyl (C=O) groups is 1. The van der Waals surface area contributed by atoms with Gasteiger partial charge in [0, 0.05) is 12.3 Å². The van der Waals surface area contributed by atoms with Crippen LogP contribution >= 0.6 is 11.5 Å².